The Hall–Kier alpha value is -2.22. The number of hydrogen-bond donors (Lipinski definition) is 0. The molecule has 1 fully saturated rings. The smallest absolute Gasteiger partial charge is 0.226 e. The van der Waals surface area contributed by atoms with E-state index in [1.807, 2.05) is 0 Å². The molecule has 0 aliphatic heterocycles. The molecule has 0 bridgehead atoms. The van der Waals surface area contributed by atoms with E-state index >= 15 is 0 Å². The maximum atomic E-state index is 12.1. The van der Waals surface area contributed by atoms with E-state index < -0.39 is 6.04 Å². The summed E-state index contributed by atoms with van der Waals surface area (Å²) in [5, 5.41) is 9.44. The molecule has 20 heavy (non-hydrogen) atoms. The molecule has 1 atom stereocenters. The van der Waals surface area contributed by atoms with E-state index in [0.717, 1.165) is 12.8 Å². The maximum absolute atomic E-state index is 12.1. The van der Waals surface area contributed by atoms with Crippen molar-refractivity contribution in [2.45, 2.75) is 18.9 Å². The summed E-state index contributed by atoms with van der Waals surface area (Å²) in [5.74, 6) is 1.30. The first-order valence-electron chi connectivity index (χ1n) is 6.50. The molecule has 2 rings (SSSR count). The standard InChI is InChI=1S/C15H18N2O3/c1-17(15(18)10-4-5-10)13(9-16)12-8-11(19-2)6-7-14(12)20-3/h6-8,10,13H,4-5H2,1-3H3. The molecule has 1 amide bonds. The second kappa shape index (κ2) is 5.83. The summed E-state index contributed by atoms with van der Waals surface area (Å²) in [6.07, 6.45) is 1.83. The summed E-state index contributed by atoms with van der Waals surface area (Å²) in [5.41, 5.74) is 0.644. The van der Waals surface area contributed by atoms with Crippen molar-refractivity contribution >= 4 is 5.91 Å². The molecular formula is C15H18N2O3. The lowest BCUT2D eigenvalue weighted by Gasteiger charge is -2.24. The van der Waals surface area contributed by atoms with Crippen molar-refractivity contribution < 1.29 is 14.3 Å². The Morgan fingerprint density at radius 2 is 2.10 bits per heavy atom. The highest BCUT2D eigenvalue weighted by Gasteiger charge is 2.35. The van der Waals surface area contributed by atoms with Crippen molar-refractivity contribution in [2.24, 2.45) is 5.92 Å². The second-order valence-corrected chi connectivity index (χ2v) is 4.86. The summed E-state index contributed by atoms with van der Waals surface area (Å²) in [6, 6.07) is 6.75. The Balaban J connectivity index is 2.34. The lowest BCUT2D eigenvalue weighted by Crippen LogP contribution is -2.31. The van der Waals surface area contributed by atoms with E-state index in [1.54, 1.807) is 39.5 Å². The number of ether oxygens (including phenoxy) is 2. The summed E-state index contributed by atoms with van der Waals surface area (Å²) < 4.78 is 10.5. The van der Waals surface area contributed by atoms with Crippen LogP contribution in [0.4, 0.5) is 0 Å². The minimum Gasteiger partial charge on any atom is -0.497 e. The van der Waals surface area contributed by atoms with Crippen LogP contribution in [0.2, 0.25) is 0 Å². The van der Waals surface area contributed by atoms with E-state index in [2.05, 4.69) is 6.07 Å². The van der Waals surface area contributed by atoms with Gasteiger partial charge in [0.1, 0.15) is 17.5 Å². The number of nitriles is 1. The number of benzene rings is 1. The summed E-state index contributed by atoms with van der Waals surface area (Å²) in [7, 11) is 4.77. The monoisotopic (exact) mass is 274 g/mol. The predicted molar refractivity (Wildman–Crippen MR) is 73.4 cm³/mol. The van der Waals surface area contributed by atoms with Crippen LogP contribution in [-0.4, -0.2) is 32.1 Å². The van der Waals surface area contributed by atoms with Gasteiger partial charge in [-0.3, -0.25) is 4.79 Å². The van der Waals surface area contributed by atoms with Gasteiger partial charge < -0.3 is 14.4 Å². The van der Waals surface area contributed by atoms with Crippen LogP contribution in [0.3, 0.4) is 0 Å². The molecule has 1 aromatic carbocycles. The first-order chi connectivity index (χ1) is 9.62. The molecule has 1 aliphatic rings. The zero-order valence-corrected chi connectivity index (χ0v) is 11.9. The Bertz CT molecular complexity index is 547. The fourth-order valence-electron chi connectivity index (χ4n) is 2.16. The van der Waals surface area contributed by atoms with Gasteiger partial charge in [-0.2, -0.15) is 5.26 Å². The predicted octanol–water partition coefficient (Wildman–Crippen LogP) is 2.14. The average molecular weight is 274 g/mol. The van der Waals surface area contributed by atoms with Gasteiger partial charge in [-0.25, -0.2) is 0 Å². The Morgan fingerprint density at radius 3 is 2.60 bits per heavy atom. The summed E-state index contributed by atoms with van der Waals surface area (Å²) in [6.45, 7) is 0. The van der Waals surface area contributed by atoms with Crippen molar-refractivity contribution in [3.63, 3.8) is 0 Å². The van der Waals surface area contributed by atoms with Crippen LogP contribution in [0.1, 0.15) is 24.4 Å². The first-order valence-corrected chi connectivity index (χ1v) is 6.50. The van der Waals surface area contributed by atoms with E-state index in [1.165, 1.54) is 4.90 Å². The van der Waals surface area contributed by atoms with Gasteiger partial charge in [0.05, 0.1) is 20.3 Å². The van der Waals surface area contributed by atoms with Crippen LogP contribution in [0, 0.1) is 17.2 Å². The molecule has 1 unspecified atom stereocenters. The number of amides is 1. The van der Waals surface area contributed by atoms with Crippen LogP contribution in [0.25, 0.3) is 0 Å². The van der Waals surface area contributed by atoms with Gasteiger partial charge in [-0.1, -0.05) is 0 Å². The Kier molecular flexibility index (Phi) is 4.14. The molecule has 1 aliphatic carbocycles. The lowest BCUT2D eigenvalue weighted by molar-refractivity contribution is -0.132. The highest BCUT2D eigenvalue weighted by molar-refractivity contribution is 5.81. The third-order valence-corrected chi connectivity index (χ3v) is 3.52. The molecule has 0 spiro atoms. The van der Waals surface area contributed by atoms with Gasteiger partial charge in [-0.15, -0.1) is 0 Å². The highest BCUT2D eigenvalue weighted by atomic mass is 16.5. The molecule has 1 saturated carbocycles. The molecule has 1 aromatic rings. The van der Waals surface area contributed by atoms with Crippen LogP contribution < -0.4 is 9.47 Å². The SMILES string of the molecule is COc1ccc(OC)c(C(C#N)N(C)C(=O)C2CC2)c1. The van der Waals surface area contributed by atoms with E-state index in [0.29, 0.717) is 17.1 Å². The Morgan fingerprint density at radius 1 is 1.40 bits per heavy atom. The van der Waals surface area contributed by atoms with Crippen LogP contribution >= 0.6 is 0 Å². The number of methoxy groups -OCH3 is 2. The fourth-order valence-corrected chi connectivity index (χ4v) is 2.16. The number of nitrogens with zero attached hydrogens (tertiary/aromatic N) is 2. The third-order valence-electron chi connectivity index (χ3n) is 3.52. The van der Waals surface area contributed by atoms with Crippen molar-refractivity contribution in [2.75, 3.05) is 21.3 Å². The second-order valence-electron chi connectivity index (χ2n) is 4.86. The number of carbonyl (C=O) groups is 1. The topological polar surface area (TPSA) is 62.6 Å². The normalized spacial score (nSPS) is 15.1. The number of rotatable bonds is 5. The van der Waals surface area contributed by atoms with Crippen molar-refractivity contribution in [1.29, 1.82) is 5.26 Å². The minimum absolute atomic E-state index is 0.0152. The molecule has 0 radical (unpaired) electrons. The molecule has 0 aromatic heterocycles. The molecule has 106 valence electrons. The number of carbonyl (C=O) groups excluding carboxylic acids is 1. The van der Waals surface area contributed by atoms with Gasteiger partial charge in [0.2, 0.25) is 5.91 Å². The van der Waals surface area contributed by atoms with Gasteiger partial charge in [0.15, 0.2) is 0 Å². The summed E-state index contributed by atoms with van der Waals surface area (Å²) in [4.78, 5) is 13.6. The zero-order chi connectivity index (χ0) is 14.7. The molecule has 5 heteroatoms. The zero-order valence-electron chi connectivity index (χ0n) is 11.9. The van der Waals surface area contributed by atoms with Crippen molar-refractivity contribution in [1.82, 2.24) is 4.90 Å². The molecule has 0 heterocycles. The van der Waals surface area contributed by atoms with E-state index in [9.17, 15) is 10.1 Å². The molecule has 0 saturated heterocycles. The fraction of sp³-hybridized carbons (Fsp3) is 0.467. The largest absolute Gasteiger partial charge is 0.497 e. The quantitative estimate of drug-likeness (QED) is 0.825. The van der Waals surface area contributed by atoms with Gasteiger partial charge in [0.25, 0.3) is 0 Å². The summed E-state index contributed by atoms with van der Waals surface area (Å²) >= 11 is 0. The van der Waals surface area contributed by atoms with Crippen LogP contribution in [0.15, 0.2) is 18.2 Å². The van der Waals surface area contributed by atoms with E-state index in [4.69, 9.17) is 9.47 Å². The molecule has 0 N–H and O–H groups in total. The minimum atomic E-state index is -0.673. The van der Waals surface area contributed by atoms with Gasteiger partial charge >= 0.3 is 0 Å². The lowest BCUT2D eigenvalue weighted by atomic mass is 10.0. The highest BCUT2D eigenvalue weighted by Crippen LogP contribution is 2.36. The van der Waals surface area contributed by atoms with Crippen LogP contribution in [-0.2, 0) is 4.79 Å². The molecular weight excluding hydrogens is 256 g/mol. The van der Waals surface area contributed by atoms with Crippen LogP contribution in [0.5, 0.6) is 11.5 Å². The van der Waals surface area contributed by atoms with Gasteiger partial charge in [0, 0.05) is 18.5 Å². The average Bonchev–Trinajstić information content (AvgIpc) is 3.31. The van der Waals surface area contributed by atoms with Crippen molar-refractivity contribution in [3.05, 3.63) is 23.8 Å². The number of hydrogen-bond acceptors (Lipinski definition) is 4. The van der Waals surface area contributed by atoms with Gasteiger partial charge in [-0.05, 0) is 31.0 Å². The first kappa shape index (κ1) is 14.2. The Labute approximate surface area is 118 Å². The maximum Gasteiger partial charge on any atom is 0.226 e. The third kappa shape index (κ3) is 2.69. The van der Waals surface area contributed by atoms with Crippen molar-refractivity contribution in [3.8, 4) is 17.6 Å². The van der Waals surface area contributed by atoms with E-state index in [-0.39, 0.29) is 11.8 Å². The molecule has 5 nitrogen and oxygen atoms in total.